The first-order valence-corrected chi connectivity index (χ1v) is 16.1. The molecule has 0 unspecified atom stereocenters. The predicted molar refractivity (Wildman–Crippen MR) is 166 cm³/mol. The van der Waals surface area contributed by atoms with Crippen molar-refractivity contribution in [3.05, 3.63) is 64.5 Å². The average molecular weight is 599 g/mol. The lowest BCUT2D eigenvalue weighted by Crippen LogP contribution is -2.55. The molecule has 3 heterocycles. The largest absolute Gasteiger partial charge is 0.453 e. The van der Waals surface area contributed by atoms with Crippen molar-refractivity contribution in [2.75, 3.05) is 58.3 Å². The molecule has 1 aliphatic carbocycles. The Morgan fingerprint density at radius 3 is 2.59 bits per heavy atom. The van der Waals surface area contributed by atoms with Gasteiger partial charge in [-0.1, -0.05) is 18.6 Å². The van der Waals surface area contributed by atoms with Crippen LogP contribution in [0.3, 0.4) is 0 Å². The lowest BCUT2D eigenvalue weighted by Gasteiger charge is -2.48. The van der Waals surface area contributed by atoms with E-state index >= 15 is 0 Å². The monoisotopic (exact) mass is 598 g/mol. The third-order valence-corrected chi connectivity index (χ3v) is 10.8. The van der Waals surface area contributed by atoms with Gasteiger partial charge in [-0.05, 0) is 99.1 Å². The Morgan fingerprint density at radius 1 is 1.09 bits per heavy atom. The fourth-order valence-corrected chi connectivity index (χ4v) is 8.64. The van der Waals surface area contributed by atoms with E-state index in [-0.39, 0.29) is 23.7 Å². The van der Waals surface area contributed by atoms with Crippen LogP contribution in [0.1, 0.15) is 54.4 Å². The van der Waals surface area contributed by atoms with Crippen LogP contribution in [0.2, 0.25) is 0 Å². The second kappa shape index (κ2) is 12.8. The minimum Gasteiger partial charge on any atom is -0.453 e. The van der Waals surface area contributed by atoms with Crippen LogP contribution in [0, 0.1) is 46.2 Å². The molecule has 0 bridgehead atoms. The molecule has 4 aliphatic rings. The number of benzene rings is 2. The van der Waals surface area contributed by atoms with E-state index in [0.717, 1.165) is 95.5 Å². The maximum atomic E-state index is 14.6. The number of rotatable bonds is 7. The number of nitrogens with zero attached hydrogens (tertiary/aromatic N) is 5. The summed E-state index contributed by atoms with van der Waals surface area (Å²) >= 11 is 0. The number of amides is 1. The minimum atomic E-state index is -0.883. The Bertz CT molecular complexity index is 1450. The molecule has 0 aromatic heterocycles. The van der Waals surface area contributed by atoms with Crippen molar-refractivity contribution < 1.29 is 13.9 Å². The summed E-state index contributed by atoms with van der Waals surface area (Å²) < 4.78 is 19.5. The maximum absolute atomic E-state index is 14.6. The molecule has 1 saturated carbocycles. The van der Waals surface area contributed by atoms with Crippen LogP contribution in [0.4, 0.5) is 14.9 Å². The van der Waals surface area contributed by atoms with Gasteiger partial charge in [0.25, 0.3) is 0 Å². The number of ether oxygens (including phenoxy) is 1. The van der Waals surface area contributed by atoms with Gasteiger partial charge < -0.3 is 24.8 Å². The molecule has 8 nitrogen and oxygen atoms in total. The van der Waals surface area contributed by atoms with E-state index in [0.29, 0.717) is 5.92 Å². The number of nitriles is 2. The van der Waals surface area contributed by atoms with Gasteiger partial charge in [0.15, 0.2) is 0 Å². The smallest absolute Gasteiger partial charge is 0.407 e. The van der Waals surface area contributed by atoms with Crippen LogP contribution in [0.25, 0.3) is 0 Å². The van der Waals surface area contributed by atoms with Crippen molar-refractivity contribution in [2.45, 2.75) is 56.5 Å². The zero-order chi connectivity index (χ0) is 30.8. The van der Waals surface area contributed by atoms with E-state index in [2.05, 4.69) is 45.3 Å². The summed E-state index contributed by atoms with van der Waals surface area (Å²) in [6.07, 6.45) is 4.67. The van der Waals surface area contributed by atoms with Gasteiger partial charge in [-0.15, -0.1) is 0 Å². The van der Waals surface area contributed by atoms with Gasteiger partial charge in [0.1, 0.15) is 5.82 Å². The summed E-state index contributed by atoms with van der Waals surface area (Å²) in [5.74, 6) is 0.199. The first kappa shape index (κ1) is 30.4. The number of likely N-dealkylation sites (tertiary alicyclic amines) is 1. The van der Waals surface area contributed by atoms with Gasteiger partial charge in [-0.3, -0.25) is 0 Å². The SMILES string of the molecule is COC(=O)N[C@H]1CCC[C@@H]1[C@](C#N)(c1cccc(F)c1)C1CCN(CC2CN(c3ccc(C#N)c4c3CN(C)CC4)C2)CC1. The second-order valence-electron chi connectivity index (χ2n) is 13.3. The number of fused-ring (bicyclic) bond motifs is 1. The number of anilines is 1. The first-order chi connectivity index (χ1) is 21.4. The molecule has 44 heavy (non-hydrogen) atoms. The fourth-order valence-electron chi connectivity index (χ4n) is 8.64. The van der Waals surface area contributed by atoms with Crippen LogP contribution in [-0.4, -0.2) is 75.4 Å². The summed E-state index contributed by atoms with van der Waals surface area (Å²) in [6.45, 7) is 6.72. The topological polar surface area (TPSA) is 95.6 Å². The highest BCUT2D eigenvalue weighted by Crippen LogP contribution is 2.50. The molecule has 1 amide bonds. The van der Waals surface area contributed by atoms with Gasteiger partial charge in [0.2, 0.25) is 0 Å². The van der Waals surface area contributed by atoms with Crippen LogP contribution < -0.4 is 10.2 Å². The molecular formula is C35H43FN6O2. The molecule has 3 atom stereocenters. The van der Waals surface area contributed by atoms with Crippen molar-refractivity contribution in [3.8, 4) is 12.1 Å². The van der Waals surface area contributed by atoms with Crippen LogP contribution in [0.5, 0.6) is 0 Å². The third-order valence-electron chi connectivity index (χ3n) is 10.8. The Labute approximate surface area is 260 Å². The number of carbonyl (C=O) groups excluding carboxylic acids is 1. The molecule has 6 rings (SSSR count). The molecule has 3 fully saturated rings. The van der Waals surface area contributed by atoms with Crippen molar-refractivity contribution in [1.29, 1.82) is 10.5 Å². The van der Waals surface area contributed by atoms with E-state index < -0.39 is 11.5 Å². The van der Waals surface area contributed by atoms with Crippen molar-refractivity contribution in [3.63, 3.8) is 0 Å². The molecule has 2 aromatic rings. The molecule has 2 aromatic carbocycles. The van der Waals surface area contributed by atoms with E-state index in [1.807, 2.05) is 12.1 Å². The van der Waals surface area contributed by atoms with Crippen LogP contribution in [-0.2, 0) is 23.1 Å². The molecule has 232 valence electrons. The molecular weight excluding hydrogens is 555 g/mol. The van der Waals surface area contributed by atoms with Gasteiger partial charge in [-0.2, -0.15) is 10.5 Å². The van der Waals surface area contributed by atoms with Gasteiger partial charge in [0.05, 0.1) is 30.2 Å². The Kier molecular flexibility index (Phi) is 8.80. The highest BCUT2D eigenvalue weighted by Gasteiger charge is 2.52. The molecule has 9 heteroatoms. The van der Waals surface area contributed by atoms with E-state index in [1.54, 1.807) is 6.07 Å². The molecule has 3 aliphatic heterocycles. The first-order valence-electron chi connectivity index (χ1n) is 16.1. The number of piperidine rings is 1. The maximum Gasteiger partial charge on any atom is 0.407 e. The number of hydrogen-bond donors (Lipinski definition) is 1. The standard InChI is InChI=1S/C35H43FN6O2/c1-40-14-13-29-25(18-37)9-10-33(30(29)22-40)42-20-24(21-42)19-41-15-11-26(12-16-41)35(23-38,27-5-3-6-28(36)17-27)31-7-4-8-32(31)39-34(43)44-2/h3,5-6,9-10,17,24,26,31-32H,4,7-8,11-16,19-22H2,1-2H3,(H,39,43)/t31-,32-,35-/m0/s1. The molecule has 1 N–H and O–H groups in total. The number of methoxy groups -OCH3 is 1. The highest BCUT2D eigenvalue weighted by molar-refractivity contribution is 5.67. The molecule has 0 spiro atoms. The summed E-state index contributed by atoms with van der Waals surface area (Å²) in [5.41, 5.74) is 4.47. The molecule has 2 saturated heterocycles. The Hall–Kier alpha value is -3.66. The number of nitrogens with one attached hydrogen (secondary N) is 1. The number of likely N-dealkylation sites (N-methyl/N-ethyl adjacent to an activating group) is 1. The fraction of sp³-hybridized carbons (Fsp3) is 0.571. The Balaban J connectivity index is 1.13. The number of hydrogen-bond acceptors (Lipinski definition) is 7. The molecule has 0 radical (unpaired) electrons. The summed E-state index contributed by atoms with van der Waals surface area (Å²) in [6, 6.07) is 15.6. The lowest BCUT2D eigenvalue weighted by molar-refractivity contribution is 0.0938. The quantitative estimate of drug-likeness (QED) is 0.488. The van der Waals surface area contributed by atoms with Crippen molar-refractivity contribution in [2.24, 2.45) is 17.8 Å². The van der Waals surface area contributed by atoms with E-state index in [4.69, 9.17) is 4.74 Å². The Morgan fingerprint density at radius 2 is 1.89 bits per heavy atom. The van der Waals surface area contributed by atoms with Gasteiger partial charge in [0, 0.05) is 56.3 Å². The number of carbonyl (C=O) groups is 1. The summed E-state index contributed by atoms with van der Waals surface area (Å²) in [7, 11) is 3.50. The minimum absolute atomic E-state index is 0.0654. The van der Waals surface area contributed by atoms with Crippen molar-refractivity contribution >= 4 is 11.8 Å². The summed E-state index contributed by atoms with van der Waals surface area (Å²) in [5, 5.41) is 23.5. The highest BCUT2D eigenvalue weighted by atomic mass is 19.1. The second-order valence-corrected chi connectivity index (χ2v) is 13.3. The van der Waals surface area contributed by atoms with E-state index in [1.165, 1.54) is 36.1 Å². The zero-order valence-electron chi connectivity index (χ0n) is 25.9. The van der Waals surface area contributed by atoms with E-state index in [9.17, 15) is 19.7 Å². The van der Waals surface area contributed by atoms with Crippen molar-refractivity contribution in [1.82, 2.24) is 15.1 Å². The number of alkyl carbamates (subject to hydrolysis) is 1. The van der Waals surface area contributed by atoms with Crippen LogP contribution in [0.15, 0.2) is 36.4 Å². The summed E-state index contributed by atoms with van der Waals surface area (Å²) in [4.78, 5) is 19.5. The zero-order valence-corrected chi connectivity index (χ0v) is 25.9. The lowest BCUT2D eigenvalue weighted by atomic mass is 9.59. The predicted octanol–water partition coefficient (Wildman–Crippen LogP) is 4.82. The number of halogens is 1. The third kappa shape index (κ3) is 5.64. The van der Waals surface area contributed by atoms with Gasteiger partial charge in [-0.25, -0.2) is 9.18 Å². The average Bonchev–Trinajstić information content (AvgIpc) is 3.48. The normalized spacial score (nSPS) is 24.4. The van der Waals surface area contributed by atoms with Gasteiger partial charge >= 0.3 is 6.09 Å². The van der Waals surface area contributed by atoms with Crippen LogP contribution >= 0.6 is 0 Å².